The molecule has 1 unspecified atom stereocenters. The molecule has 2 aromatic rings. The number of aryl methyl sites for hydroxylation is 1. The standard InChI is InChI=1S/C18H25N7O.HI/c1-19-18(24-15-4-5-16-22-12-23-25(16)10-15)21-9-14-6-7-20-17(8-14)26-11-13-2-3-13;/h6-8,12-13,15H,2-5,9-11H2,1H3,(H2,19,21,24);1H. The van der Waals surface area contributed by atoms with Crippen LogP contribution < -0.4 is 15.4 Å². The molecule has 1 saturated carbocycles. The van der Waals surface area contributed by atoms with Gasteiger partial charge in [-0.3, -0.25) is 4.99 Å². The van der Waals surface area contributed by atoms with E-state index in [1.165, 1.54) is 12.8 Å². The predicted octanol–water partition coefficient (Wildman–Crippen LogP) is 1.76. The zero-order valence-corrected chi connectivity index (χ0v) is 17.8. The third-order valence-corrected chi connectivity index (χ3v) is 4.79. The maximum atomic E-state index is 5.75. The summed E-state index contributed by atoms with van der Waals surface area (Å²) in [4.78, 5) is 12.9. The highest BCUT2D eigenvalue weighted by atomic mass is 127. The Morgan fingerprint density at radius 2 is 2.22 bits per heavy atom. The Morgan fingerprint density at radius 3 is 3.04 bits per heavy atom. The van der Waals surface area contributed by atoms with Gasteiger partial charge in [0.15, 0.2) is 5.96 Å². The Kier molecular flexibility index (Phi) is 6.86. The minimum absolute atomic E-state index is 0. The van der Waals surface area contributed by atoms with E-state index in [0.29, 0.717) is 18.5 Å². The number of fused-ring (bicyclic) bond motifs is 1. The number of aliphatic imine (C=N–C) groups is 1. The lowest BCUT2D eigenvalue weighted by molar-refractivity contribution is 0.288. The molecule has 8 nitrogen and oxygen atoms in total. The van der Waals surface area contributed by atoms with E-state index >= 15 is 0 Å². The van der Waals surface area contributed by atoms with Crippen molar-refractivity contribution >= 4 is 29.9 Å². The SMILES string of the molecule is CN=C(NCc1ccnc(OCC2CC2)c1)NC1CCc2ncnn2C1.I. The second kappa shape index (κ2) is 9.34. The highest BCUT2D eigenvalue weighted by Crippen LogP contribution is 2.29. The van der Waals surface area contributed by atoms with Gasteiger partial charge in [-0.05, 0) is 36.8 Å². The van der Waals surface area contributed by atoms with Crippen molar-refractivity contribution in [1.29, 1.82) is 0 Å². The van der Waals surface area contributed by atoms with Crippen LogP contribution in [0, 0.1) is 5.92 Å². The second-order valence-corrected chi connectivity index (χ2v) is 6.92. The van der Waals surface area contributed by atoms with E-state index in [-0.39, 0.29) is 24.0 Å². The van der Waals surface area contributed by atoms with Crippen molar-refractivity contribution in [3.05, 3.63) is 36.0 Å². The fourth-order valence-corrected chi connectivity index (χ4v) is 3.06. The minimum atomic E-state index is 0. The van der Waals surface area contributed by atoms with Crippen LogP contribution in [0.1, 0.15) is 30.7 Å². The van der Waals surface area contributed by atoms with E-state index < -0.39 is 0 Å². The molecule has 0 aromatic carbocycles. The summed E-state index contributed by atoms with van der Waals surface area (Å²) in [5.74, 6) is 3.27. The first-order chi connectivity index (χ1) is 12.8. The number of aromatic nitrogens is 4. The predicted molar refractivity (Wildman–Crippen MR) is 113 cm³/mol. The lowest BCUT2D eigenvalue weighted by Crippen LogP contribution is -2.46. The summed E-state index contributed by atoms with van der Waals surface area (Å²) in [5, 5.41) is 11.1. The number of hydrogen-bond donors (Lipinski definition) is 2. The first-order valence-electron chi connectivity index (χ1n) is 9.22. The maximum Gasteiger partial charge on any atom is 0.213 e. The third-order valence-electron chi connectivity index (χ3n) is 4.79. The van der Waals surface area contributed by atoms with Crippen LogP contribution in [-0.4, -0.2) is 45.4 Å². The molecule has 1 aliphatic carbocycles. The Balaban J connectivity index is 0.00000210. The smallest absolute Gasteiger partial charge is 0.213 e. The van der Waals surface area contributed by atoms with E-state index in [1.807, 2.05) is 16.8 Å². The number of rotatable bonds is 6. The van der Waals surface area contributed by atoms with Gasteiger partial charge in [0.2, 0.25) is 5.88 Å². The molecule has 0 amide bonds. The van der Waals surface area contributed by atoms with Gasteiger partial charge in [0.25, 0.3) is 0 Å². The summed E-state index contributed by atoms with van der Waals surface area (Å²) in [6, 6.07) is 4.28. The molecule has 3 heterocycles. The molecule has 4 rings (SSSR count). The molecule has 0 bridgehead atoms. The van der Waals surface area contributed by atoms with Crippen molar-refractivity contribution in [1.82, 2.24) is 30.4 Å². The molecule has 2 aliphatic rings. The van der Waals surface area contributed by atoms with Gasteiger partial charge >= 0.3 is 0 Å². The van der Waals surface area contributed by atoms with Crippen molar-refractivity contribution in [2.24, 2.45) is 10.9 Å². The topological polar surface area (TPSA) is 89.2 Å². The van der Waals surface area contributed by atoms with Gasteiger partial charge in [0.1, 0.15) is 12.2 Å². The van der Waals surface area contributed by atoms with E-state index in [4.69, 9.17) is 4.74 Å². The van der Waals surface area contributed by atoms with Crippen molar-refractivity contribution in [2.75, 3.05) is 13.7 Å². The summed E-state index contributed by atoms with van der Waals surface area (Å²) in [5.41, 5.74) is 1.12. The van der Waals surface area contributed by atoms with E-state index in [2.05, 4.69) is 30.7 Å². The lowest BCUT2D eigenvalue weighted by atomic mass is 10.1. The van der Waals surface area contributed by atoms with E-state index in [9.17, 15) is 0 Å². The van der Waals surface area contributed by atoms with Crippen LogP contribution in [0.15, 0.2) is 29.6 Å². The highest BCUT2D eigenvalue weighted by Gasteiger charge is 2.22. The normalized spacial score (nSPS) is 19.0. The molecular weight excluding hydrogens is 457 g/mol. The molecule has 2 aromatic heterocycles. The summed E-state index contributed by atoms with van der Waals surface area (Å²) in [7, 11) is 1.79. The monoisotopic (exact) mass is 483 g/mol. The number of ether oxygens (including phenoxy) is 1. The van der Waals surface area contributed by atoms with Gasteiger partial charge in [-0.1, -0.05) is 0 Å². The average Bonchev–Trinajstić information content (AvgIpc) is 3.39. The molecule has 2 N–H and O–H groups in total. The lowest BCUT2D eigenvalue weighted by Gasteiger charge is -2.25. The fourth-order valence-electron chi connectivity index (χ4n) is 3.06. The van der Waals surface area contributed by atoms with Gasteiger partial charge in [0.05, 0.1) is 13.2 Å². The van der Waals surface area contributed by atoms with Crippen LogP contribution in [0.2, 0.25) is 0 Å². The summed E-state index contributed by atoms with van der Waals surface area (Å²) in [6.07, 6.45) is 7.93. The van der Waals surface area contributed by atoms with Crippen LogP contribution in [0.3, 0.4) is 0 Å². The molecule has 1 fully saturated rings. The quantitative estimate of drug-likeness (QED) is 0.370. The molecule has 27 heavy (non-hydrogen) atoms. The molecular formula is C18H26IN7O. The first-order valence-corrected chi connectivity index (χ1v) is 9.22. The van der Waals surface area contributed by atoms with Crippen LogP contribution in [0.25, 0.3) is 0 Å². The van der Waals surface area contributed by atoms with Crippen molar-refractivity contribution in [2.45, 2.75) is 44.8 Å². The molecule has 1 atom stereocenters. The Labute approximate surface area is 176 Å². The number of nitrogens with one attached hydrogen (secondary N) is 2. The highest BCUT2D eigenvalue weighted by molar-refractivity contribution is 14.0. The summed E-state index contributed by atoms with van der Waals surface area (Å²) < 4.78 is 7.71. The van der Waals surface area contributed by atoms with E-state index in [0.717, 1.165) is 49.3 Å². The number of guanidine groups is 1. The van der Waals surface area contributed by atoms with Crippen LogP contribution in [0.5, 0.6) is 5.88 Å². The molecule has 1 aliphatic heterocycles. The largest absolute Gasteiger partial charge is 0.477 e. The molecule has 0 radical (unpaired) electrons. The van der Waals surface area contributed by atoms with Crippen LogP contribution >= 0.6 is 24.0 Å². The van der Waals surface area contributed by atoms with Crippen LogP contribution in [0.4, 0.5) is 0 Å². The van der Waals surface area contributed by atoms with Gasteiger partial charge < -0.3 is 15.4 Å². The average molecular weight is 483 g/mol. The summed E-state index contributed by atoms with van der Waals surface area (Å²) >= 11 is 0. The maximum absolute atomic E-state index is 5.75. The van der Waals surface area contributed by atoms with Gasteiger partial charge in [0, 0.05) is 38.3 Å². The Bertz CT molecular complexity index is 775. The Hall–Kier alpha value is -1.91. The zero-order chi connectivity index (χ0) is 17.8. The van der Waals surface area contributed by atoms with Gasteiger partial charge in [-0.25, -0.2) is 14.6 Å². The Morgan fingerprint density at radius 1 is 1.33 bits per heavy atom. The molecule has 9 heteroatoms. The number of halogens is 1. The van der Waals surface area contributed by atoms with Crippen molar-refractivity contribution in [3.63, 3.8) is 0 Å². The fraction of sp³-hybridized carbons (Fsp3) is 0.556. The van der Waals surface area contributed by atoms with Crippen molar-refractivity contribution < 1.29 is 4.74 Å². The van der Waals surface area contributed by atoms with E-state index in [1.54, 1.807) is 19.6 Å². The third kappa shape index (κ3) is 5.53. The van der Waals surface area contributed by atoms with Gasteiger partial charge in [-0.2, -0.15) is 5.10 Å². The minimum Gasteiger partial charge on any atom is -0.477 e. The molecule has 0 spiro atoms. The number of pyridine rings is 1. The second-order valence-electron chi connectivity index (χ2n) is 6.92. The molecule has 0 saturated heterocycles. The van der Waals surface area contributed by atoms with Crippen LogP contribution in [-0.2, 0) is 19.5 Å². The number of nitrogens with zero attached hydrogens (tertiary/aromatic N) is 5. The molecule has 146 valence electrons. The van der Waals surface area contributed by atoms with Gasteiger partial charge in [-0.15, -0.1) is 24.0 Å². The summed E-state index contributed by atoms with van der Waals surface area (Å²) in [6.45, 7) is 2.26. The van der Waals surface area contributed by atoms with Crippen molar-refractivity contribution in [3.8, 4) is 5.88 Å². The first kappa shape index (κ1) is 19.8. The number of hydrogen-bond acceptors (Lipinski definition) is 5. The zero-order valence-electron chi connectivity index (χ0n) is 15.5.